The van der Waals surface area contributed by atoms with Crippen molar-refractivity contribution >= 4 is 84.5 Å². The van der Waals surface area contributed by atoms with Crippen LogP contribution in [0.15, 0.2) is 183 Å². The maximum Gasteiger partial charge on any atom is 0.416 e. The number of nitrogens with zero attached hydrogens (tertiary/aromatic N) is 2. The zero-order valence-corrected chi connectivity index (χ0v) is 38.5. The fourth-order valence-electron chi connectivity index (χ4n) is 11.1. The van der Waals surface area contributed by atoms with Crippen molar-refractivity contribution in [1.82, 2.24) is 0 Å². The Kier molecular flexibility index (Phi) is 9.90. The van der Waals surface area contributed by atoms with Crippen molar-refractivity contribution in [3.63, 3.8) is 0 Å². The van der Waals surface area contributed by atoms with Gasteiger partial charge in [0, 0.05) is 56.0 Å². The summed E-state index contributed by atoms with van der Waals surface area (Å²) in [6, 6.07) is 40.1. The van der Waals surface area contributed by atoms with Crippen molar-refractivity contribution in [2.24, 2.45) is 11.8 Å². The summed E-state index contributed by atoms with van der Waals surface area (Å²) in [4.78, 5) is 4.09. The number of anilines is 5. The minimum Gasteiger partial charge on any atom is -0.454 e. The van der Waals surface area contributed by atoms with Gasteiger partial charge in [-0.3, -0.25) is 0 Å². The van der Waals surface area contributed by atoms with E-state index in [-0.39, 0.29) is 23.7 Å². The normalized spacial score (nSPS) is 16.6. The Morgan fingerprint density at radius 1 is 0.500 bits per heavy atom. The highest BCUT2D eigenvalue weighted by atomic mass is 19.4. The molecule has 348 valence electrons. The SMILES string of the molecule is CC(C)C1=C2C=Cc3c(N(c4ccc(C(F)(F)F)cc4)c4cccc5c4oc4ccccc45)cc(C(C)C)c4c3C2C(C=C4)C(N(c2ccc(C(F)(F)F)cc2)c2cccc3c2oc2ccccc23)=C1. The van der Waals surface area contributed by atoms with Crippen LogP contribution in [0.4, 0.5) is 54.8 Å². The molecule has 3 aliphatic carbocycles. The molecule has 0 radical (unpaired) electrons. The molecule has 70 heavy (non-hydrogen) atoms. The van der Waals surface area contributed by atoms with Crippen molar-refractivity contribution < 1.29 is 35.2 Å². The first-order valence-corrected chi connectivity index (χ1v) is 23.4. The maximum atomic E-state index is 14.2. The molecule has 12 rings (SSSR count). The molecule has 0 saturated carbocycles. The van der Waals surface area contributed by atoms with Gasteiger partial charge in [0.1, 0.15) is 11.2 Å². The van der Waals surface area contributed by atoms with E-state index < -0.39 is 23.5 Å². The number of fused-ring (bicyclic) bond motifs is 6. The van der Waals surface area contributed by atoms with Gasteiger partial charge in [0.2, 0.25) is 0 Å². The molecule has 2 aromatic heterocycles. The molecule has 10 heteroatoms. The summed E-state index contributed by atoms with van der Waals surface area (Å²) >= 11 is 0. The van der Waals surface area contributed by atoms with E-state index in [2.05, 4.69) is 69.0 Å². The van der Waals surface area contributed by atoms with Gasteiger partial charge >= 0.3 is 12.4 Å². The summed E-state index contributed by atoms with van der Waals surface area (Å²) in [6.07, 6.45) is 1.85. The summed E-state index contributed by atoms with van der Waals surface area (Å²) < 4.78 is 98.4. The molecule has 2 heterocycles. The van der Waals surface area contributed by atoms with E-state index in [1.165, 1.54) is 24.3 Å². The van der Waals surface area contributed by atoms with Crippen LogP contribution in [0, 0.1) is 11.8 Å². The first kappa shape index (κ1) is 43.6. The standard InChI is InChI=1S/C60H44F6N2O2/c1-33(2)47-31-51(67(37-23-19-35(20-24-37)59(61,62)63)49-15-9-13-43-39-11-5-7-17-53(39)69-57(43)49)45-30-28-42-48(34(3)4)32-52(46-29-27-41(47)55(45)56(42)46)68(38-25-21-36(22-26-38)60(64,65)66)50-16-10-14-44-40-12-6-8-18-54(40)70-58(44)50/h5-34,45,55H,1-4H3. The lowest BCUT2D eigenvalue weighted by Gasteiger charge is -2.45. The third-order valence-corrected chi connectivity index (χ3v) is 14.2. The Hall–Kier alpha value is -7.72. The molecule has 0 amide bonds. The molecule has 2 unspecified atom stereocenters. The fraction of sp³-hybridized carbons (Fsp3) is 0.167. The molecule has 0 bridgehead atoms. The number of halogens is 6. The zero-order valence-electron chi connectivity index (χ0n) is 38.5. The van der Waals surface area contributed by atoms with Crippen LogP contribution < -0.4 is 9.80 Å². The Labute approximate surface area is 399 Å². The predicted octanol–water partition coefficient (Wildman–Crippen LogP) is 18.6. The highest BCUT2D eigenvalue weighted by Gasteiger charge is 2.44. The molecule has 3 aliphatic rings. The molecular formula is C60H44F6N2O2. The number of allylic oxidation sites excluding steroid dienone is 5. The van der Waals surface area contributed by atoms with E-state index in [1.807, 2.05) is 89.8 Å². The van der Waals surface area contributed by atoms with Crippen molar-refractivity contribution in [2.45, 2.75) is 51.9 Å². The molecule has 0 N–H and O–H groups in total. The van der Waals surface area contributed by atoms with Gasteiger partial charge in [0.15, 0.2) is 11.2 Å². The van der Waals surface area contributed by atoms with E-state index in [4.69, 9.17) is 8.83 Å². The number of alkyl halides is 6. The lowest BCUT2D eigenvalue weighted by Crippen LogP contribution is -2.33. The number of rotatable bonds is 8. The van der Waals surface area contributed by atoms with Gasteiger partial charge in [-0.2, -0.15) is 26.3 Å². The van der Waals surface area contributed by atoms with E-state index in [0.717, 1.165) is 90.6 Å². The second kappa shape index (κ2) is 15.9. The van der Waals surface area contributed by atoms with Crippen LogP contribution in [0.25, 0.3) is 56.0 Å². The quantitative estimate of drug-likeness (QED) is 0.142. The maximum absolute atomic E-state index is 14.2. The highest BCUT2D eigenvalue weighted by molar-refractivity contribution is 6.11. The summed E-state index contributed by atoms with van der Waals surface area (Å²) in [5.41, 5.74) is 11.4. The molecule has 4 nitrogen and oxygen atoms in total. The molecule has 2 atom stereocenters. The van der Waals surface area contributed by atoms with E-state index in [1.54, 1.807) is 0 Å². The minimum absolute atomic E-state index is 0.0209. The van der Waals surface area contributed by atoms with Gasteiger partial charge in [-0.1, -0.05) is 113 Å². The summed E-state index contributed by atoms with van der Waals surface area (Å²) in [6.45, 7) is 8.59. The van der Waals surface area contributed by atoms with Gasteiger partial charge in [0.05, 0.1) is 28.2 Å². The molecular weight excluding hydrogens is 895 g/mol. The monoisotopic (exact) mass is 938 g/mol. The van der Waals surface area contributed by atoms with Crippen molar-refractivity contribution in [1.29, 1.82) is 0 Å². The lowest BCUT2D eigenvalue weighted by molar-refractivity contribution is -0.138. The van der Waals surface area contributed by atoms with Crippen LogP contribution in [-0.2, 0) is 12.4 Å². The molecule has 0 saturated heterocycles. The van der Waals surface area contributed by atoms with Crippen LogP contribution in [0.1, 0.15) is 72.9 Å². The second-order valence-corrected chi connectivity index (χ2v) is 19.0. The smallest absolute Gasteiger partial charge is 0.416 e. The second-order valence-electron chi connectivity index (χ2n) is 19.0. The molecule has 9 aromatic rings. The van der Waals surface area contributed by atoms with Crippen LogP contribution in [0.3, 0.4) is 0 Å². The molecule has 0 spiro atoms. The predicted molar refractivity (Wildman–Crippen MR) is 269 cm³/mol. The van der Waals surface area contributed by atoms with Gasteiger partial charge in [-0.15, -0.1) is 0 Å². The number of para-hydroxylation sites is 4. The lowest BCUT2D eigenvalue weighted by atomic mass is 9.63. The van der Waals surface area contributed by atoms with Gasteiger partial charge < -0.3 is 18.6 Å². The summed E-state index contributed by atoms with van der Waals surface area (Å²) in [5, 5.41) is 3.59. The van der Waals surface area contributed by atoms with Crippen molar-refractivity contribution in [3.05, 3.63) is 208 Å². The van der Waals surface area contributed by atoms with Gasteiger partial charge in [-0.25, -0.2) is 0 Å². The first-order valence-electron chi connectivity index (χ1n) is 23.4. The number of hydrogen-bond acceptors (Lipinski definition) is 4. The first-order chi connectivity index (χ1) is 33.7. The van der Waals surface area contributed by atoms with Crippen molar-refractivity contribution in [2.75, 3.05) is 9.80 Å². The fourth-order valence-corrected chi connectivity index (χ4v) is 11.1. The Morgan fingerprint density at radius 3 is 1.54 bits per heavy atom. The summed E-state index contributed by atoms with van der Waals surface area (Å²) in [7, 11) is 0. The Morgan fingerprint density at radius 2 is 1.01 bits per heavy atom. The third kappa shape index (κ3) is 6.82. The molecule has 7 aromatic carbocycles. The largest absolute Gasteiger partial charge is 0.454 e. The zero-order chi connectivity index (χ0) is 48.4. The van der Waals surface area contributed by atoms with E-state index >= 15 is 0 Å². The van der Waals surface area contributed by atoms with Crippen LogP contribution in [-0.4, -0.2) is 0 Å². The van der Waals surface area contributed by atoms with Crippen LogP contribution in [0.2, 0.25) is 0 Å². The van der Waals surface area contributed by atoms with E-state index in [0.29, 0.717) is 45.1 Å². The van der Waals surface area contributed by atoms with Crippen LogP contribution in [0.5, 0.6) is 0 Å². The average molecular weight is 939 g/mol. The highest BCUT2D eigenvalue weighted by Crippen LogP contribution is 2.58. The Balaban J connectivity index is 1.11. The minimum atomic E-state index is -4.54. The number of furan rings is 2. The average Bonchev–Trinajstić information content (AvgIpc) is 3.93. The number of benzene rings is 7. The van der Waals surface area contributed by atoms with Crippen molar-refractivity contribution in [3.8, 4) is 0 Å². The van der Waals surface area contributed by atoms with Gasteiger partial charge in [0.25, 0.3) is 0 Å². The van der Waals surface area contributed by atoms with E-state index in [9.17, 15) is 26.3 Å². The topological polar surface area (TPSA) is 32.8 Å². The van der Waals surface area contributed by atoms with Crippen LogP contribution >= 0.6 is 0 Å². The summed E-state index contributed by atoms with van der Waals surface area (Å²) in [5.74, 6) is -0.542. The Bertz CT molecular complexity index is 3710. The number of hydrogen-bond donors (Lipinski definition) is 0. The van der Waals surface area contributed by atoms with Gasteiger partial charge in [-0.05, 0) is 125 Å². The molecule has 0 fully saturated rings. The third-order valence-electron chi connectivity index (χ3n) is 14.2. The molecule has 0 aliphatic heterocycles.